The highest BCUT2D eigenvalue weighted by Gasteiger charge is 2.07. The molecule has 4 nitrogen and oxygen atoms in total. The molecule has 1 N–H and O–H groups in total. The second-order valence-electron chi connectivity index (χ2n) is 5.21. The molecule has 1 aromatic heterocycles. The van der Waals surface area contributed by atoms with Gasteiger partial charge in [0.05, 0.1) is 12.2 Å². The summed E-state index contributed by atoms with van der Waals surface area (Å²) in [5.74, 6) is 0.0602. The third-order valence-electron chi connectivity index (χ3n) is 3.40. The maximum Gasteiger partial charge on any atom is 0.219 e. The molecule has 4 heteroatoms. The molecule has 0 atom stereocenters. The van der Waals surface area contributed by atoms with Gasteiger partial charge in [-0.15, -0.1) is 0 Å². The first-order valence-corrected chi connectivity index (χ1v) is 7.01. The van der Waals surface area contributed by atoms with Gasteiger partial charge in [0.15, 0.2) is 0 Å². The number of nitrogens with one attached hydrogen (secondary N) is 1. The van der Waals surface area contributed by atoms with Gasteiger partial charge in [-0.3, -0.25) is 9.78 Å². The molecule has 0 aliphatic heterocycles. The highest BCUT2D eigenvalue weighted by Crippen LogP contribution is 2.17. The first-order chi connectivity index (χ1) is 10.1. The van der Waals surface area contributed by atoms with Crippen LogP contribution >= 0.6 is 0 Å². The third-order valence-corrected chi connectivity index (χ3v) is 3.40. The number of rotatable bonds is 5. The molecule has 1 heterocycles. The minimum Gasteiger partial charge on any atom is -0.379 e. The standard InChI is InChI=1S/C17H21N3O/c1-13-8-9-16(18-10-13)11-19-17-7-5-4-6-15(17)12-20(3)14(2)21/h4-10,19H,11-12H2,1-3H3. The van der Waals surface area contributed by atoms with Crippen LogP contribution in [0.2, 0.25) is 0 Å². The number of carbonyl (C=O) groups is 1. The predicted octanol–water partition coefficient (Wildman–Crippen LogP) is 2.98. The summed E-state index contributed by atoms with van der Waals surface area (Å²) in [7, 11) is 1.81. The number of carbonyl (C=O) groups excluding carboxylic acids is 1. The molecule has 0 aliphatic rings. The molecule has 2 aromatic rings. The van der Waals surface area contributed by atoms with E-state index in [9.17, 15) is 4.79 Å². The summed E-state index contributed by atoms with van der Waals surface area (Å²) in [6.07, 6.45) is 1.87. The Morgan fingerprint density at radius 1 is 1.24 bits per heavy atom. The number of aromatic nitrogens is 1. The molecule has 110 valence electrons. The molecule has 0 bridgehead atoms. The normalized spacial score (nSPS) is 10.2. The fourth-order valence-corrected chi connectivity index (χ4v) is 1.99. The van der Waals surface area contributed by atoms with E-state index < -0.39 is 0 Å². The number of pyridine rings is 1. The van der Waals surface area contributed by atoms with Gasteiger partial charge in [0.25, 0.3) is 0 Å². The van der Waals surface area contributed by atoms with Crippen LogP contribution in [0.15, 0.2) is 42.6 Å². The summed E-state index contributed by atoms with van der Waals surface area (Å²) in [6, 6.07) is 12.1. The van der Waals surface area contributed by atoms with Crippen molar-refractivity contribution in [2.24, 2.45) is 0 Å². The molecule has 21 heavy (non-hydrogen) atoms. The maximum absolute atomic E-state index is 11.4. The number of aryl methyl sites for hydroxylation is 1. The smallest absolute Gasteiger partial charge is 0.219 e. The van der Waals surface area contributed by atoms with Crippen molar-refractivity contribution in [3.63, 3.8) is 0 Å². The summed E-state index contributed by atoms with van der Waals surface area (Å²) >= 11 is 0. The predicted molar refractivity (Wildman–Crippen MR) is 84.9 cm³/mol. The highest BCUT2D eigenvalue weighted by molar-refractivity contribution is 5.73. The molecular formula is C17H21N3O. The van der Waals surface area contributed by atoms with Crippen molar-refractivity contribution in [3.8, 4) is 0 Å². The van der Waals surface area contributed by atoms with E-state index in [1.807, 2.05) is 43.5 Å². The topological polar surface area (TPSA) is 45.2 Å². The van der Waals surface area contributed by atoms with Crippen molar-refractivity contribution < 1.29 is 4.79 Å². The zero-order chi connectivity index (χ0) is 15.2. The van der Waals surface area contributed by atoms with Crippen molar-refractivity contribution in [3.05, 3.63) is 59.4 Å². The van der Waals surface area contributed by atoms with Gasteiger partial charge in [-0.1, -0.05) is 24.3 Å². The zero-order valence-corrected chi connectivity index (χ0v) is 12.8. The summed E-state index contributed by atoms with van der Waals surface area (Å²) in [5, 5.41) is 3.39. The molecule has 0 fully saturated rings. The summed E-state index contributed by atoms with van der Waals surface area (Å²) in [6.45, 7) is 4.87. The van der Waals surface area contributed by atoms with E-state index in [1.165, 1.54) is 0 Å². The molecular weight excluding hydrogens is 262 g/mol. The van der Waals surface area contributed by atoms with Crippen LogP contribution in [0, 0.1) is 6.92 Å². The van der Waals surface area contributed by atoms with Crippen LogP contribution < -0.4 is 5.32 Å². The van der Waals surface area contributed by atoms with Crippen molar-refractivity contribution in [1.82, 2.24) is 9.88 Å². The van der Waals surface area contributed by atoms with Gasteiger partial charge in [0, 0.05) is 32.4 Å². The fraction of sp³-hybridized carbons (Fsp3) is 0.294. The molecule has 0 unspecified atom stereocenters. The van der Waals surface area contributed by atoms with Crippen LogP contribution in [0.1, 0.15) is 23.7 Å². The van der Waals surface area contributed by atoms with Crippen LogP contribution in [0.25, 0.3) is 0 Å². The zero-order valence-electron chi connectivity index (χ0n) is 12.8. The highest BCUT2D eigenvalue weighted by atomic mass is 16.2. The summed E-state index contributed by atoms with van der Waals surface area (Å²) < 4.78 is 0. The molecule has 1 aromatic carbocycles. The van der Waals surface area contributed by atoms with Crippen molar-refractivity contribution in [1.29, 1.82) is 0 Å². The van der Waals surface area contributed by atoms with Gasteiger partial charge in [-0.2, -0.15) is 0 Å². The minimum absolute atomic E-state index is 0.0602. The number of benzene rings is 1. The number of anilines is 1. The van der Waals surface area contributed by atoms with Gasteiger partial charge in [-0.05, 0) is 30.2 Å². The van der Waals surface area contributed by atoms with E-state index in [0.717, 1.165) is 22.5 Å². The van der Waals surface area contributed by atoms with Crippen LogP contribution in [0.3, 0.4) is 0 Å². The van der Waals surface area contributed by atoms with Gasteiger partial charge < -0.3 is 10.2 Å². The van der Waals surface area contributed by atoms with Gasteiger partial charge in [0.2, 0.25) is 5.91 Å². The Morgan fingerprint density at radius 3 is 2.67 bits per heavy atom. The molecule has 2 rings (SSSR count). The lowest BCUT2D eigenvalue weighted by molar-refractivity contribution is -0.128. The first kappa shape index (κ1) is 15.0. The Hall–Kier alpha value is -2.36. The van der Waals surface area contributed by atoms with Gasteiger partial charge >= 0.3 is 0 Å². The van der Waals surface area contributed by atoms with Crippen molar-refractivity contribution in [2.45, 2.75) is 26.9 Å². The number of hydrogen-bond donors (Lipinski definition) is 1. The second-order valence-corrected chi connectivity index (χ2v) is 5.21. The fourth-order valence-electron chi connectivity index (χ4n) is 1.99. The largest absolute Gasteiger partial charge is 0.379 e. The van der Waals surface area contributed by atoms with E-state index in [1.54, 1.807) is 18.9 Å². The Kier molecular flexibility index (Phi) is 4.93. The van der Waals surface area contributed by atoms with E-state index in [2.05, 4.69) is 16.4 Å². The van der Waals surface area contributed by atoms with Crippen LogP contribution in [-0.4, -0.2) is 22.8 Å². The summed E-state index contributed by atoms with van der Waals surface area (Å²) in [4.78, 5) is 17.5. The first-order valence-electron chi connectivity index (χ1n) is 7.01. The number of hydrogen-bond acceptors (Lipinski definition) is 3. The Labute approximate surface area is 125 Å². The average Bonchev–Trinajstić information content (AvgIpc) is 2.48. The third kappa shape index (κ3) is 4.31. The number of para-hydroxylation sites is 1. The number of nitrogens with zero attached hydrogens (tertiary/aromatic N) is 2. The van der Waals surface area contributed by atoms with Crippen LogP contribution in [0.5, 0.6) is 0 Å². The second kappa shape index (κ2) is 6.88. The summed E-state index contributed by atoms with van der Waals surface area (Å²) in [5.41, 5.74) is 4.29. The Morgan fingerprint density at radius 2 is 2.00 bits per heavy atom. The lowest BCUT2D eigenvalue weighted by atomic mass is 10.1. The molecule has 0 radical (unpaired) electrons. The average molecular weight is 283 g/mol. The van der Waals surface area contributed by atoms with Gasteiger partial charge in [0.1, 0.15) is 0 Å². The lowest BCUT2D eigenvalue weighted by Gasteiger charge is -2.18. The van der Waals surface area contributed by atoms with E-state index in [0.29, 0.717) is 13.1 Å². The molecule has 0 aliphatic carbocycles. The Balaban J connectivity index is 2.06. The molecule has 1 amide bonds. The van der Waals surface area contributed by atoms with Crippen LogP contribution in [0.4, 0.5) is 5.69 Å². The molecule has 0 saturated heterocycles. The minimum atomic E-state index is 0.0602. The quantitative estimate of drug-likeness (QED) is 0.917. The van der Waals surface area contributed by atoms with E-state index in [4.69, 9.17) is 0 Å². The monoisotopic (exact) mass is 283 g/mol. The van der Waals surface area contributed by atoms with E-state index >= 15 is 0 Å². The van der Waals surface area contributed by atoms with Crippen molar-refractivity contribution in [2.75, 3.05) is 12.4 Å². The van der Waals surface area contributed by atoms with Crippen LogP contribution in [-0.2, 0) is 17.9 Å². The van der Waals surface area contributed by atoms with Gasteiger partial charge in [-0.25, -0.2) is 0 Å². The van der Waals surface area contributed by atoms with E-state index in [-0.39, 0.29) is 5.91 Å². The Bertz CT molecular complexity index is 608. The molecule has 0 saturated carbocycles. The number of amides is 1. The maximum atomic E-state index is 11.4. The molecule has 0 spiro atoms. The lowest BCUT2D eigenvalue weighted by Crippen LogP contribution is -2.23. The van der Waals surface area contributed by atoms with Crippen molar-refractivity contribution >= 4 is 11.6 Å². The SMILES string of the molecule is CC(=O)N(C)Cc1ccccc1NCc1ccc(C)cn1.